The average molecular weight is 412 g/mol. The summed E-state index contributed by atoms with van der Waals surface area (Å²) in [5, 5.41) is 16.1. The first-order valence-corrected chi connectivity index (χ1v) is 9.10. The molecule has 0 atom stereocenters. The van der Waals surface area contributed by atoms with Gasteiger partial charge in [-0.15, -0.1) is 13.2 Å². The van der Waals surface area contributed by atoms with E-state index in [9.17, 15) is 18.0 Å². The van der Waals surface area contributed by atoms with Gasteiger partial charge in [-0.1, -0.05) is 18.2 Å². The zero-order valence-electron chi connectivity index (χ0n) is 15.5. The van der Waals surface area contributed by atoms with Crippen LogP contribution in [0.2, 0.25) is 0 Å². The van der Waals surface area contributed by atoms with Gasteiger partial charge in [0.1, 0.15) is 11.8 Å². The van der Waals surface area contributed by atoms with Gasteiger partial charge in [0.2, 0.25) is 0 Å². The number of benzene rings is 2. The van der Waals surface area contributed by atoms with Crippen LogP contribution in [0.4, 0.5) is 18.9 Å². The van der Waals surface area contributed by atoms with Crippen molar-refractivity contribution in [1.82, 2.24) is 9.78 Å². The molecule has 0 aliphatic heterocycles. The standard InChI is InChI=1S/C21H15F3N4O2/c22-21(23,24)30-18-9-8-15(10-14(18)11-25)27-20(29)17-12-26-28(19(17)13-6-7-13)16-4-2-1-3-5-16/h1-5,8-10,12-13H,6-7H2,(H,27,29). The van der Waals surface area contributed by atoms with Gasteiger partial charge in [-0.25, -0.2) is 4.68 Å². The van der Waals surface area contributed by atoms with Gasteiger partial charge in [-0.05, 0) is 43.2 Å². The Bertz CT molecular complexity index is 1130. The fourth-order valence-electron chi connectivity index (χ4n) is 3.16. The van der Waals surface area contributed by atoms with Gasteiger partial charge in [-0.2, -0.15) is 10.4 Å². The van der Waals surface area contributed by atoms with E-state index >= 15 is 0 Å². The van der Waals surface area contributed by atoms with E-state index in [4.69, 9.17) is 5.26 Å². The van der Waals surface area contributed by atoms with Crippen molar-refractivity contribution in [1.29, 1.82) is 5.26 Å². The number of hydrogen-bond acceptors (Lipinski definition) is 4. The lowest BCUT2D eigenvalue weighted by Crippen LogP contribution is -2.18. The monoisotopic (exact) mass is 412 g/mol. The second kappa shape index (κ2) is 7.55. The number of carbonyl (C=O) groups excluding carboxylic acids is 1. The molecule has 0 unspecified atom stereocenters. The molecule has 6 nitrogen and oxygen atoms in total. The molecule has 1 aliphatic rings. The largest absolute Gasteiger partial charge is 0.573 e. The number of rotatable bonds is 5. The maximum absolute atomic E-state index is 12.9. The van der Waals surface area contributed by atoms with Gasteiger partial charge < -0.3 is 10.1 Å². The molecule has 2 aromatic carbocycles. The van der Waals surface area contributed by atoms with Crippen molar-refractivity contribution in [2.24, 2.45) is 0 Å². The molecule has 30 heavy (non-hydrogen) atoms. The SMILES string of the molecule is N#Cc1cc(NC(=O)c2cnn(-c3ccccc3)c2C2CC2)ccc1OC(F)(F)F. The summed E-state index contributed by atoms with van der Waals surface area (Å²) >= 11 is 0. The molecule has 0 saturated heterocycles. The number of para-hydroxylation sites is 1. The number of nitrogens with one attached hydrogen (secondary N) is 1. The van der Waals surface area contributed by atoms with E-state index in [1.54, 1.807) is 10.8 Å². The van der Waals surface area contributed by atoms with Crippen molar-refractivity contribution in [3.8, 4) is 17.5 Å². The number of nitrogens with zero attached hydrogens (tertiary/aromatic N) is 3. The topological polar surface area (TPSA) is 79.9 Å². The van der Waals surface area contributed by atoms with Crippen molar-refractivity contribution in [3.05, 3.63) is 71.5 Å². The first-order chi connectivity index (χ1) is 14.4. The van der Waals surface area contributed by atoms with Crippen LogP contribution in [0.1, 0.15) is 40.4 Å². The molecule has 4 rings (SSSR count). The third-order valence-corrected chi connectivity index (χ3v) is 4.60. The number of hydrogen-bond donors (Lipinski definition) is 1. The molecule has 0 spiro atoms. The molecule has 1 fully saturated rings. The second-order valence-corrected chi connectivity index (χ2v) is 6.79. The third-order valence-electron chi connectivity index (χ3n) is 4.60. The van der Waals surface area contributed by atoms with Crippen LogP contribution in [-0.2, 0) is 0 Å². The van der Waals surface area contributed by atoms with Crippen LogP contribution < -0.4 is 10.1 Å². The third kappa shape index (κ3) is 4.12. The van der Waals surface area contributed by atoms with E-state index in [1.807, 2.05) is 30.3 Å². The van der Waals surface area contributed by atoms with Crippen molar-refractivity contribution in [3.63, 3.8) is 0 Å². The molecule has 1 amide bonds. The summed E-state index contributed by atoms with van der Waals surface area (Å²) < 4.78 is 42.9. The number of carbonyl (C=O) groups is 1. The summed E-state index contributed by atoms with van der Waals surface area (Å²) in [5.74, 6) is -0.864. The minimum Gasteiger partial charge on any atom is -0.404 e. The number of anilines is 1. The Morgan fingerprint density at radius 1 is 1.20 bits per heavy atom. The van der Waals surface area contributed by atoms with Crippen molar-refractivity contribution in [2.45, 2.75) is 25.1 Å². The van der Waals surface area contributed by atoms with Gasteiger partial charge in [0.25, 0.3) is 5.91 Å². The van der Waals surface area contributed by atoms with Gasteiger partial charge in [0.15, 0.2) is 0 Å². The first-order valence-electron chi connectivity index (χ1n) is 9.10. The Morgan fingerprint density at radius 2 is 1.93 bits per heavy atom. The van der Waals surface area contributed by atoms with E-state index in [2.05, 4.69) is 15.2 Å². The number of alkyl halides is 3. The van der Waals surface area contributed by atoms with Crippen molar-refractivity contribution in [2.75, 3.05) is 5.32 Å². The molecule has 1 saturated carbocycles. The predicted molar refractivity (Wildman–Crippen MR) is 101 cm³/mol. The van der Waals surface area contributed by atoms with Crippen LogP contribution in [0.5, 0.6) is 5.75 Å². The fourth-order valence-corrected chi connectivity index (χ4v) is 3.16. The first kappa shape index (κ1) is 19.5. The lowest BCUT2D eigenvalue weighted by atomic mass is 10.1. The molecule has 1 aromatic heterocycles. The normalized spacial score (nSPS) is 13.5. The number of nitriles is 1. The molecule has 1 N–H and O–H groups in total. The second-order valence-electron chi connectivity index (χ2n) is 6.79. The number of ether oxygens (including phenoxy) is 1. The highest BCUT2D eigenvalue weighted by molar-refractivity contribution is 6.05. The van der Waals surface area contributed by atoms with Crippen LogP contribution in [0, 0.1) is 11.3 Å². The lowest BCUT2D eigenvalue weighted by Gasteiger charge is -2.12. The van der Waals surface area contributed by atoms with Crippen LogP contribution in [0.25, 0.3) is 5.69 Å². The molecule has 152 valence electrons. The molecular weight excluding hydrogens is 397 g/mol. The Balaban J connectivity index is 1.61. The Labute approximate surface area is 169 Å². The maximum Gasteiger partial charge on any atom is 0.573 e. The zero-order chi connectivity index (χ0) is 21.3. The maximum atomic E-state index is 12.9. The Morgan fingerprint density at radius 3 is 2.57 bits per heavy atom. The van der Waals surface area contributed by atoms with E-state index in [0.29, 0.717) is 5.56 Å². The molecule has 0 bridgehead atoms. The molecule has 3 aromatic rings. The Kier molecular flexibility index (Phi) is 4.91. The summed E-state index contributed by atoms with van der Waals surface area (Å²) in [4.78, 5) is 12.9. The minimum atomic E-state index is -4.92. The van der Waals surface area contributed by atoms with E-state index < -0.39 is 18.0 Å². The predicted octanol–water partition coefficient (Wildman–Crippen LogP) is 4.77. The van der Waals surface area contributed by atoms with Crippen molar-refractivity contribution >= 4 is 11.6 Å². The fraction of sp³-hybridized carbons (Fsp3) is 0.190. The van der Waals surface area contributed by atoms with Crippen LogP contribution in [0.15, 0.2) is 54.7 Å². The summed E-state index contributed by atoms with van der Waals surface area (Å²) in [7, 11) is 0. The van der Waals surface area contributed by atoms with Crippen LogP contribution in [-0.4, -0.2) is 22.1 Å². The minimum absolute atomic E-state index is 0.181. The van der Waals surface area contributed by atoms with Crippen LogP contribution >= 0.6 is 0 Å². The van der Waals surface area contributed by atoms with E-state index in [-0.39, 0.29) is 17.2 Å². The summed E-state index contributed by atoms with van der Waals surface area (Å²) in [6, 6.07) is 14.4. The highest BCUT2D eigenvalue weighted by Crippen LogP contribution is 2.42. The smallest absolute Gasteiger partial charge is 0.404 e. The highest BCUT2D eigenvalue weighted by Gasteiger charge is 2.34. The number of halogens is 3. The summed E-state index contributed by atoms with van der Waals surface area (Å²) in [6.45, 7) is 0. The van der Waals surface area contributed by atoms with E-state index in [1.165, 1.54) is 12.3 Å². The quantitative estimate of drug-likeness (QED) is 0.655. The highest BCUT2D eigenvalue weighted by atomic mass is 19.4. The Hall–Kier alpha value is -3.80. The summed E-state index contributed by atoms with van der Waals surface area (Å²) in [5.41, 5.74) is 1.85. The molecule has 1 heterocycles. The molecule has 1 aliphatic carbocycles. The average Bonchev–Trinajstić information content (AvgIpc) is 3.46. The number of aromatic nitrogens is 2. The number of amides is 1. The lowest BCUT2D eigenvalue weighted by molar-refractivity contribution is -0.274. The molecule has 9 heteroatoms. The van der Waals surface area contributed by atoms with E-state index in [0.717, 1.165) is 36.4 Å². The van der Waals surface area contributed by atoms with Gasteiger partial charge >= 0.3 is 6.36 Å². The zero-order valence-corrected chi connectivity index (χ0v) is 15.5. The molecular formula is C21H15F3N4O2. The van der Waals surface area contributed by atoms with Crippen LogP contribution in [0.3, 0.4) is 0 Å². The van der Waals surface area contributed by atoms with Gasteiger partial charge in [0, 0.05) is 11.6 Å². The van der Waals surface area contributed by atoms with Crippen molar-refractivity contribution < 1.29 is 22.7 Å². The van der Waals surface area contributed by atoms with Gasteiger partial charge in [-0.3, -0.25) is 4.79 Å². The molecule has 0 radical (unpaired) electrons. The summed E-state index contributed by atoms with van der Waals surface area (Å²) in [6.07, 6.45) is -1.55. The van der Waals surface area contributed by atoms with Gasteiger partial charge in [0.05, 0.1) is 28.7 Å².